The minimum atomic E-state index is -0.556. The maximum atomic E-state index is 12.9. The van der Waals surface area contributed by atoms with Gasteiger partial charge < -0.3 is 5.73 Å². The molecular weight excluding hydrogens is 117 g/mol. The van der Waals surface area contributed by atoms with Crippen molar-refractivity contribution >= 4 is 0 Å². The maximum Gasteiger partial charge on any atom is 0.107 e. The van der Waals surface area contributed by atoms with Crippen LogP contribution in [-0.2, 0) is 0 Å². The normalized spacial score (nSPS) is 56.7. The zero-order chi connectivity index (χ0) is 6.43. The van der Waals surface area contributed by atoms with Gasteiger partial charge in [0.05, 0.1) is 0 Å². The molecule has 0 heterocycles. The molecule has 0 radical (unpaired) electrons. The summed E-state index contributed by atoms with van der Waals surface area (Å²) >= 11 is 0. The average molecular weight is 129 g/mol. The van der Waals surface area contributed by atoms with E-state index in [0.717, 1.165) is 19.3 Å². The molecule has 2 aliphatic rings. The summed E-state index contributed by atoms with van der Waals surface area (Å²) in [7, 11) is 0. The van der Waals surface area contributed by atoms with Crippen LogP contribution in [0.5, 0.6) is 0 Å². The zero-order valence-corrected chi connectivity index (χ0v) is 5.39. The number of fused-ring (bicyclic) bond motifs is 2. The van der Waals surface area contributed by atoms with E-state index in [-0.39, 0.29) is 12.0 Å². The van der Waals surface area contributed by atoms with Crippen molar-refractivity contribution in [2.45, 2.75) is 31.5 Å². The van der Waals surface area contributed by atoms with Crippen molar-refractivity contribution in [3.63, 3.8) is 0 Å². The summed E-state index contributed by atoms with van der Waals surface area (Å²) in [5.74, 6) is 0.542. The third kappa shape index (κ3) is 0.627. The highest BCUT2D eigenvalue weighted by atomic mass is 19.1. The summed E-state index contributed by atoms with van der Waals surface area (Å²) in [5.41, 5.74) is 5.67. The maximum absolute atomic E-state index is 12.9. The van der Waals surface area contributed by atoms with Crippen molar-refractivity contribution in [1.29, 1.82) is 0 Å². The number of nitrogens with two attached hydrogens (primary N) is 1. The molecule has 0 aromatic heterocycles. The predicted octanol–water partition coefficient (Wildman–Crippen LogP) is 1.08. The van der Waals surface area contributed by atoms with Gasteiger partial charge in [0.15, 0.2) is 0 Å². The second-order valence-corrected chi connectivity index (χ2v) is 3.35. The molecular formula is C7H12FN. The topological polar surface area (TPSA) is 26.0 Å². The summed E-state index contributed by atoms with van der Waals surface area (Å²) in [6.07, 6.45) is 2.50. The SMILES string of the molecule is N[C@@H]1C[C@H]2CC[C@H]1[C@@H]2F. The van der Waals surface area contributed by atoms with Crippen LogP contribution in [0.4, 0.5) is 4.39 Å². The Morgan fingerprint density at radius 2 is 2.11 bits per heavy atom. The first-order valence-corrected chi connectivity index (χ1v) is 3.68. The Labute approximate surface area is 54.4 Å². The molecule has 2 heteroatoms. The van der Waals surface area contributed by atoms with Gasteiger partial charge in [0.2, 0.25) is 0 Å². The molecule has 4 atom stereocenters. The first-order valence-electron chi connectivity index (χ1n) is 3.68. The minimum absolute atomic E-state index is 0.179. The number of hydrogen-bond donors (Lipinski definition) is 1. The molecule has 1 nitrogen and oxygen atoms in total. The Morgan fingerprint density at radius 1 is 1.33 bits per heavy atom. The van der Waals surface area contributed by atoms with Crippen molar-refractivity contribution in [2.75, 3.05) is 0 Å². The second-order valence-electron chi connectivity index (χ2n) is 3.35. The summed E-state index contributed by atoms with van der Waals surface area (Å²) in [5, 5.41) is 0. The van der Waals surface area contributed by atoms with Gasteiger partial charge in [-0.1, -0.05) is 0 Å². The average Bonchev–Trinajstić information content (AvgIpc) is 2.25. The van der Waals surface area contributed by atoms with E-state index in [0.29, 0.717) is 5.92 Å². The molecule has 9 heavy (non-hydrogen) atoms. The van der Waals surface area contributed by atoms with Crippen LogP contribution in [0.1, 0.15) is 19.3 Å². The number of halogens is 1. The zero-order valence-electron chi connectivity index (χ0n) is 5.39. The van der Waals surface area contributed by atoms with Crippen molar-refractivity contribution in [1.82, 2.24) is 0 Å². The number of alkyl halides is 1. The molecule has 2 bridgehead atoms. The van der Waals surface area contributed by atoms with Gasteiger partial charge in [0.25, 0.3) is 0 Å². The van der Waals surface area contributed by atoms with Gasteiger partial charge in [-0.2, -0.15) is 0 Å². The largest absolute Gasteiger partial charge is 0.327 e. The highest BCUT2D eigenvalue weighted by Crippen LogP contribution is 2.45. The molecule has 2 aliphatic carbocycles. The molecule has 0 spiro atoms. The smallest absolute Gasteiger partial charge is 0.107 e. The molecule has 2 fully saturated rings. The number of hydrogen-bond acceptors (Lipinski definition) is 1. The van der Waals surface area contributed by atoms with E-state index in [9.17, 15) is 4.39 Å². The van der Waals surface area contributed by atoms with Crippen LogP contribution in [0.3, 0.4) is 0 Å². The van der Waals surface area contributed by atoms with E-state index in [1.54, 1.807) is 0 Å². The summed E-state index contributed by atoms with van der Waals surface area (Å²) in [6, 6.07) is 0.179. The second kappa shape index (κ2) is 1.69. The molecule has 2 N–H and O–H groups in total. The van der Waals surface area contributed by atoms with Gasteiger partial charge in [0, 0.05) is 12.0 Å². The van der Waals surface area contributed by atoms with Gasteiger partial charge in [0.1, 0.15) is 6.17 Å². The van der Waals surface area contributed by atoms with Crippen molar-refractivity contribution in [3.8, 4) is 0 Å². The molecule has 0 unspecified atom stereocenters. The summed E-state index contributed by atoms with van der Waals surface area (Å²) < 4.78 is 12.9. The van der Waals surface area contributed by atoms with Crippen molar-refractivity contribution in [2.24, 2.45) is 17.6 Å². The molecule has 0 saturated heterocycles. The fraction of sp³-hybridized carbons (Fsp3) is 1.00. The van der Waals surface area contributed by atoms with Crippen molar-refractivity contribution in [3.05, 3.63) is 0 Å². The van der Waals surface area contributed by atoms with E-state index in [1.807, 2.05) is 0 Å². The Kier molecular flexibility index (Phi) is 1.06. The highest BCUT2D eigenvalue weighted by Gasteiger charge is 2.46. The van der Waals surface area contributed by atoms with Gasteiger partial charge in [-0.3, -0.25) is 0 Å². The Morgan fingerprint density at radius 3 is 2.33 bits per heavy atom. The van der Waals surface area contributed by atoms with Crippen LogP contribution in [0.25, 0.3) is 0 Å². The molecule has 0 aromatic rings. The lowest BCUT2D eigenvalue weighted by Gasteiger charge is -2.14. The first-order chi connectivity index (χ1) is 4.29. The first kappa shape index (κ1) is 5.66. The van der Waals surface area contributed by atoms with Crippen LogP contribution >= 0.6 is 0 Å². The fourth-order valence-electron chi connectivity index (χ4n) is 2.30. The van der Waals surface area contributed by atoms with Crippen LogP contribution < -0.4 is 5.73 Å². The third-order valence-electron chi connectivity index (χ3n) is 2.86. The lowest BCUT2D eigenvalue weighted by molar-refractivity contribution is 0.258. The molecule has 2 saturated carbocycles. The molecule has 2 rings (SSSR count). The van der Waals surface area contributed by atoms with E-state index in [1.165, 1.54) is 0 Å². The van der Waals surface area contributed by atoms with Crippen LogP contribution in [-0.4, -0.2) is 12.2 Å². The van der Waals surface area contributed by atoms with E-state index < -0.39 is 6.17 Å². The van der Waals surface area contributed by atoms with Gasteiger partial charge in [-0.05, 0) is 25.2 Å². The Hall–Kier alpha value is -0.110. The predicted molar refractivity (Wildman–Crippen MR) is 33.7 cm³/mol. The van der Waals surface area contributed by atoms with Crippen LogP contribution in [0.2, 0.25) is 0 Å². The minimum Gasteiger partial charge on any atom is -0.327 e. The molecule has 0 amide bonds. The standard InChI is InChI=1S/C7H12FN/c8-7-4-1-2-5(7)6(9)3-4/h4-7H,1-3,9H2/t4-,5-,6-,7-/m1/s1. The summed E-state index contributed by atoms with van der Waals surface area (Å²) in [4.78, 5) is 0. The summed E-state index contributed by atoms with van der Waals surface area (Å²) in [6.45, 7) is 0. The quantitative estimate of drug-likeness (QED) is 0.520. The Bertz CT molecular complexity index is 126. The third-order valence-corrected chi connectivity index (χ3v) is 2.86. The van der Waals surface area contributed by atoms with Crippen molar-refractivity contribution < 1.29 is 4.39 Å². The van der Waals surface area contributed by atoms with E-state index in [2.05, 4.69) is 0 Å². The van der Waals surface area contributed by atoms with E-state index >= 15 is 0 Å². The molecule has 0 aliphatic heterocycles. The highest BCUT2D eigenvalue weighted by molar-refractivity contribution is 4.99. The monoisotopic (exact) mass is 129 g/mol. The molecule has 0 aromatic carbocycles. The van der Waals surface area contributed by atoms with E-state index in [4.69, 9.17) is 5.73 Å². The van der Waals surface area contributed by atoms with Crippen LogP contribution in [0.15, 0.2) is 0 Å². The lowest BCUT2D eigenvalue weighted by atomic mass is 9.96. The van der Waals surface area contributed by atoms with Gasteiger partial charge in [-0.25, -0.2) is 4.39 Å². The lowest BCUT2D eigenvalue weighted by Crippen LogP contribution is -2.27. The fourth-order valence-corrected chi connectivity index (χ4v) is 2.30. The van der Waals surface area contributed by atoms with Gasteiger partial charge >= 0.3 is 0 Å². The number of rotatable bonds is 0. The van der Waals surface area contributed by atoms with Crippen LogP contribution in [0, 0.1) is 11.8 Å². The van der Waals surface area contributed by atoms with Gasteiger partial charge in [-0.15, -0.1) is 0 Å². The Balaban J connectivity index is 2.16. The molecule has 52 valence electrons.